The molecule has 116 valence electrons. The highest BCUT2D eigenvalue weighted by Crippen LogP contribution is 2.17. The Labute approximate surface area is 124 Å². The molecule has 0 heterocycles. The molecule has 0 unspecified atom stereocenters. The monoisotopic (exact) mass is 295 g/mol. The number of urea groups is 1. The third kappa shape index (κ3) is 6.73. The molecule has 0 aliphatic rings. The molecule has 1 rings (SSSR count). The zero-order valence-electron chi connectivity index (χ0n) is 12.3. The molecule has 0 atom stereocenters. The average Bonchev–Trinajstić information content (AvgIpc) is 2.47. The van der Waals surface area contributed by atoms with Crippen molar-refractivity contribution in [3.05, 3.63) is 29.8 Å². The molecule has 21 heavy (non-hydrogen) atoms. The van der Waals surface area contributed by atoms with Gasteiger partial charge in [0.2, 0.25) is 0 Å². The minimum absolute atomic E-state index is 0.224. The number of rotatable bonds is 8. The predicted octanol–water partition coefficient (Wildman–Crippen LogP) is 0.257. The van der Waals surface area contributed by atoms with E-state index in [1.165, 1.54) is 7.11 Å². The summed E-state index contributed by atoms with van der Waals surface area (Å²) in [5, 5.41) is 7.67. The quantitative estimate of drug-likeness (QED) is 0.599. The summed E-state index contributed by atoms with van der Waals surface area (Å²) in [5.74, 6) is 0.103. The van der Waals surface area contributed by atoms with Gasteiger partial charge in [0.15, 0.2) is 6.61 Å². The number of methoxy groups -OCH3 is 1. The van der Waals surface area contributed by atoms with Crippen molar-refractivity contribution < 1.29 is 19.1 Å². The number of imide groups is 1. The van der Waals surface area contributed by atoms with Crippen molar-refractivity contribution in [1.82, 2.24) is 16.0 Å². The SMILES string of the molecule is CNCc1ccccc1OCC(=O)NC(=O)NCCOC. The second-order valence-corrected chi connectivity index (χ2v) is 4.22. The van der Waals surface area contributed by atoms with E-state index in [0.717, 1.165) is 5.56 Å². The Hall–Kier alpha value is -2.12. The number of para-hydroxylation sites is 1. The summed E-state index contributed by atoms with van der Waals surface area (Å²) >= 11 is 0. The number of carbonyl (C=O) groups excluding carboxylic acids is 2. The third-order valence-electron chi connectivity index (χ3n) is 2.54. The van der Waals surface area contributed by atoms with Gasteiger partial charge < -0.3 is 20.1 Å². The summed E-state index contributed by atoms with van der Waals surface area (Å²) < 4.78 is 10.2. The van der Waals surface area contributed by atoms with Crippen molar-refractivity contribution in [3.8, 4) is 5.75 Å². The van der Waals surface area contributed by atoms with Gasteiger partial charge in [-0.05, 0) is 13.1 Å². The van der Waals surface area contributed by atoms with Gasteiger partial charge in [-0.3, -0.25) is 10.1 Å². The Bertz CT molecular complexity index is 465. The first kappa shape index (κ1) is 16.9. The van der Waals surface area contributed by atoms with E-state index in [9.17, 15) is 9.59 Å². The van der Waals surface area contributed by atoms with Crippen molar-refractivity contribution in [2.24, 2.45) is 0 Å². The largest absolute Gasteiger partial charge is 0.483 e. The topological polar surface area (TPSA) is 88.7 Å². The molecule has 0 aliphatic heterocycles. The molecule has 0 aromatic heterocycles. The van der Waals surface area contributed by atoms with Crippen LogP contribution in [0.25, 0.3) is 0 Å². The van der Waals surface area contributed by atoms with Crippen LogP contribution in [0.1, 0.15) is 5.56 Å². The van der Waals surface area contributed by atoms with Crippen molar-refractivity contribution in [1.29, 1.82) is 0 Å². The Kier molecular flexibility index (Phi) is 7.85. The normalized spacial score (nSPS) is 10.0. The standard InChI is InChI=1S/C14H21N3O4/c1-15-9-11-5-3-4-6-12(11)21-10-13(18)17-14(19)16-7-8-20-2/h3-6,15H,7-10H2,1-2H3,(H2,16,17,18,19). The molecule has 0 fully saturated rings. The molecular weight excluding hydrogens is 274 g/mol. The first-order chi connectivity index (χ1) is 10.2. The van der Waals surface area contributed by atoms with Gasteiger partial charge in [-0.1, -0.05) is 18.2 Å². The van der Waals surface area contributed by atoms with Gasteiger partial charge in [0, 0.05) is 25.8 Å². The van der Waals surface area contributed by atoms with E-state index in [0.29, 0.717) is 25.4 Å². The molecule has 0 bridgehead atoms. The van der Waals surface area contributed by atoms with E-state index < -0.39 is 11.9 Å². The van der Waals surface area contributed by atoms with Gasteiger partial charge in [0.05, 0.1) is 6.61 Å². The molecular formula is C14H21N3O4. The fourth-order valence-corrected chi connectivity index (χ4v) is 1.60. The number of carbonyl (C=O) groups is 2. The molecule has 7 heteroatoms. The lowest BCUT2D eigenvalue weighted by Crippen LogP contribution is -2.42. The molecule has 0 saturated heterocycles. The lowest BCUT2D eigenvalue weighted by atomic mass is 10.2. The zero-order valence-corrected chi connectivity index (χ0v) is 12.3. The van der Waals surface area contributed by atoms with Crippen molar-refractivity contribution in [3.63, 3.8) is 0 Å². The van der Waals surface area contributed by atoms with Crippen molar-refractivity contribution >= 4 is 11.9 Å². The lowest BCUT2D eigenvalue weighted by Gasteiger charge is -2.11. The van der Waals surface area contributed by atoms with Crippen molar-refractivity contribution in [2.45, 2.75) is 6.54 Å². The number of benzene rings is 1. The highest BCUT2D eigenvalue weighted by Gasteiger charge is 2.09. The first-order valence-corrected chi connectivity index (χ1v) is 6.59. The molecule has 0 radical (unpaired) electrons. The van der Waals surface area contributed by atoms with E-state index in [1.54, 1.807) is 6.07 Å². The molecule has 7 nitrogen and oxygen atoms in total. The van der Waals surface area contributed by atoms with Crippen LogP contribution in [-0.4, -0.2) is 45.9 Å². The Morgan fingerprint density at radius 1 is 1.24 bits per heavy atom. The van der Waals surface area contributed by atoms with E-state index in [4.69, 9.17) is 9.47 Å². The summed E-state index contributed by atoms with van der Waals surface area (Å²) in [6.45, 7) is 1.13. The van der Waals surface area contributed by atoms with Crippen LogP contribution in [0.5, 0.6) is 5.75 Å². The fourth-order valence-electron chi connectivity index (χ4n) is 1.60. The molecule has 1 aromatic rings. The molecule has 3 N–H and O–H groups in total. The second-order valence-electron chi connectivity index (χ2n) is 4.22. The number of hydrogen-bond acceptors (Lipinski definition) is 5. The molecule has 0 spiro atoms. The van der Waals surface area contributed by atoms with Crippen LogP contribution in [0.3, 0.4) is 0 Å². The maximum absolute atomic E-state index is 11.6. The summed E-state index contributed by atoms with van der Waals surface area (Å²) in [4.78, 5) is 22.9. The van der Waals surface area contributed by atoms with Crippen molar-refractivity contribution in [2.75, 3.05) is 33.9 Å². The van der Waals surface area contributed by atoms with Gasteiger partial charge in [-0.2, -0.15) is 0 Å². The summed E-state index contributed by atoms with van der Waals surface area (Å²) in [6, 6.07) is 6.83. The first-order valence-electron chi connectivity index (χ1n) is 6.59. The number of amides is 3. The van der Waals surface area contributed by atoms with Crippen LogP contribution in [0.4, 0.5) is 4.79 Å². The zero-order chi connectivity index (χ0) is 15.5. The summed E-state index contributed by atoms with van der Waals surface area (Å²) in [6.07, 6.45) is 0. The Balaban J connectivity index is 2.37. The molecule has 3 amide bonds. The third-order valence-corrected chi connectivity index (χ3v) is 2.54. The minimum Gasteiger partial charge on any atom is -0.483 e. The molecule has 0 saturated carbocycles. The maximum Gasteiger partial charge on any atom is 0.321 e. The van der Waals surface area contributed by atoms with Gasteiger partial charge in [-0.15, -0.1) is 0 Å². The van der Waals surface area contributed by atoms with Crippen LogP contribution >= 0.6 is 0 Å². The van der Waals surface area contributed by atoms with Crippen LogP contribution in [0, 0.1) is 0 Å². The number of hydrogen-bond donors (Lipinski definition) is 3. The highest BCUT2D eigenvalue weighted by molar-refractivity contribution is 5.94. The van der Waals surface area contributed by atoms with Crippen LogP contribution in [0.15, 0.2) is 24.3 Å². The van der Waals surface area contributed by atoms with Gasteiger partial charge in [-0.25, -0.2) is 4.79 Å². The number of ether oxygens (including phenoxy) is 2. The van der Waals surface area contributed by atoms with E-state index in [2.05, 4.69) is 16.0 Å². The van der Waals surface area contributed by atoms with Crippen LogP contribution < -0.4 is 20.7 Å². The maximum atomic E-state index is 11.6. The smallest absolute Gasteiger partial charge is 0.321 e. The predicted molar refractivity (Wildman–Crippen MR) is 78.1 cm³/mol. The van der Waals surface area contributed by atoms with Gasteiger partial charge >= 0.3 is 6.03 Å². The Morgan fingerprint density at radius 2 is 2.00 bits per heavy atom. The van der Waals surface area contributed by atoms with Gasteiger partial charge in [0.1, 0.15) is 5.75 Å². The Morgan fingerprint density at radius 3 is 2.71 bits per heavy atom. The van der Waals surface area contributed by atoms with Crippen LogP contribution in [0.2, 0.25) is 0 Å². The second kappa shape index (κ2) is 9.73. The van der Waals surface area contributed by atoms with Crippen LogP contribution in [-0.2, 0) is 16.1 Å². The number of nitrogens with one attached hydrogen (secondary N) is 3. The lowest BCUT2D eigenvalue weighted by molar-refractivity contribution is -0.122. The average molecular weight is 295 g/mol. The van der Waals surface area contributed by atoms with E-state index >= 15 is 0 Å². The highest BCUT2D eigenvalue weighted by atomic mass is 16.5. The van der Waals surface area contributed by atoms with E-state index in [-0.39, 0.29) is 6.61 Å². The van der Waals surface area contributed by atoms with Gasteiger partial charge in [0.25, 0.3) is 5.91 Å². The minimum atomic E-state index is -0.566. The molecule has 0 aliphatic carbocycles. The summed E-state index contributed by atoms with van der Waals surface area (Å²) in [7, 11) is 3.36. The fraction of sp³-hybridized carbons (Fsp3) is 0.429. The molecule has 1 aromatic carbocycles. The van der Waals surface area contributed by atoms with E-state index in [1.807, 2.05) is 25.2 Å². The summed E-state index contributed by atoms with van der Waals surface area (Å²) in [5.41, 5.74) is 0.942.